The van der Waals surface area contributed by atoms with Crippen LogP contribution in [0.1, 0.15) is 70.4 Å². The SMILES string of the molecule is CC(C)[C@H](NC(=O)CCN1C(=O)C=CC1O)C(=O)C[C@@H](CCCNC(N)=O)C(=O)Nc1ccc(COC(=O)NCCCC(=O)Nc2ncnc3c2ncn3[C@@H]2O[C@@H]3COP(O)(=S)O[C@H]4[C@@H](F)[C@H](n5cnc6c(N)ncnc65)O[C@@H]4COP(=O)(S)O[C@H]3[C@H]2F)cc1. The zero-order valence-corrected chi connectivity index (χ0v) is 51.4. The molecule has 7 amide bonds. The predicted octanol–water partition coefficient (Wildman–Crippen LogP) is 2.65. The van der Waals surface area contributed by atoms with Gasteiger partial charge in [0, 0.05) is 56.6 Å². The summed E-state index contributed by atoms with van der Waals surface area (Å²) in [5.41, 5.74) is 12.2. The molecule has 9 rings (SSSR count). The molecule has 8 heterocycles. The van der Waals surface area contributed by atoms with Gasteiger partial charge in [-0.2, -0.15) is 0 Å². The molecule has 3 fully saturated rings. The number of anilines is 3. The summed E-state index contributed by atoms with van der Waals surface area (Å²) in [5, 5.41) is 23.1. The second-order valence-electron chi connectivity index (χ2n) is 21.3. The van der Waals surface area contributed by atoms with Crippen LogP contribution in [0.25, 0.3) is 22.3 Å². The number of aromatic nitrogens is 8. The van der Waals surface area contributed by atoms with Crippen LogP contribution >= 0.6 is 25.8 Å². The lowest BCUT2D eigenvalue weighted by Crippen LogP contribution is -2.46. The first-order chi connectivity index (χ1) is 42.8. The number of amides is 7. The minimum Gasteiger partial charge on any atom is -0.445 e. The summed E-state index contributed by atoms with van der Waals surface area (Å²) >= 11 is 9.30. The fourth-order valence-electron chi connectivity index (χ4n) is 10.1. The molecule has 0 saturated carbocycles. The maximum Gasteiger partial charge on any atom is 0.407 e. The molecule has 0 spiro atoms. The van der Waals surface area contributed by atoms with Crippen molar-refractivity contribution in [2.24, 2.45) is 17.6 Å². The normalized spacial score (nSPS) is 26.6. The number of carbonyl (C=O) groups excluding carboxylic acids is 7. The van der Waals surface area contributed by atoms with E-state index in [9.17, 15) is 48.1 Å². The highest BCUT2D eigenvalue weighted by Gasteiger charge is 2.54. The average Bonchev–Trinajstić information content (AvgIpc) is 1.82. The summed E-state index contributed by atoms with van der Waals surface area (Å²) < 4.78 is 88.6. The van der Waals surface area contributed by atoms with Gasteiger partial charge in [-0.15, -0.1) is 0 Å². The Hall–Kier alpha value is -7.28. The molecule has 5 aromatic rings. The van der Waals surface area contributed by atoms with E-state index in [1.807, 2.05) is 0 Å². The number of benzene rings is 1. The van der Waals surface area contributed by atoms with E-state index in [0.29, 0.717) is 17.7 Å². The van der Waals surface area contributed by atoms with Gasteiger partial charge in [0.15, 0.2) is 59.0 Å². The number of hydrogen-bond donors (Lipinski definition) is 10. The number of alkyl halides is 2. The molecule has 1 aromatic carbocycles. The van der Waals surface area contributed by atoms with Crippen molar-refractivity contribution in [2.75, 3.05) is 49.2 Å². The van der Waals surface area contributed by atoms with Crippen molar-refractivity contribution in [3.63, 3.8) is 0 Å². The summed E-state index contributed by atoms with van der Waals surface area (Å²) in [7, 11) is 0. The number of aliphatic hydroxyl groups excluding tert-OH is 1. The average molecular weight is 1340 g/mol. The predicted molar refractivity (Wildman–Crippen MR) is 317 cm³/mol. The number of aliphatic hydroxyl groups is 1. The number of thiol groups is 1. The van der Waals surface area contributed by atoms with Gasteiger partial charge in [-0.1, -0.05) is 38.2 Å². The highest BCUT2D eigenvalue weighted by molar-refractivity contribution is 8.44. The van der Waals surface area contributed by atoms with E-state index in [4.69, 9.17) is 55.6 Å². The van der Waals surface area contributed by atoms with Crippen LogP contribution in [-0.2, 0) is 79.3 Å². The molecule has 3 saturated heterocycles. The molecule has 39 heteroatoms. The Bertz CT molecular complexity index is 3620. The van der Waals surface area contributed by atoms with Crippen molar-refractivity contribution in [1.29, 1.82) is 0 Å². The van der Waals surface area contributed by atoms with E-state index >= 15 is 8.78 Å². The van der Waals surface area contributed by atoms with Crippen molar-refractivity contribution >= 4 is 119 Å². The molecule has 3 unspecified atom stereocenters. The Kier molecular flexibility index (Phi) is 21.9. The van der Waals surface area contributed by atoms with Gasteiger partial charge in [0.25, 0.3) is 0 Å². The fourth-order valence-corrected chi connectivity index (χ4v) is 13.0. The van der Waals surface area contributed by atoms with E-state index in [0.717, 1.165) is 28.4 Å². The van der Waals surface area contributed by atoms with Crippen molar-refractivity contribution < 1.29 is 89.2 Å². The van der Waals surface area contributed by atoms with E-state index in [1.165, 1.54) is 23.0 Å². The van der Waals surface area contributed by atoms with E-state index in [2.05, 4.69) is 68.7 Å². The van der Waals surface area contributed by atoms with Crippen molar-refractivity contribution in [2.45, 2.75) is 120 Å². The largest absolute Gasteiger partial charge is 0.445 e. The van der Waals surface area contributed by atoms with Gasteiger partial charge in [-0.25, -0.2) is 52.8 Å². The first kappa shape index (κ1) is 67.1. The number of ether oxygens (including phenoxy) is 3. The molecule has 11 N–H and O–H groups in total. The maximum absolute atomic E-state index is 16.7. The number of nitrogens with one attached hydrogen (secondary N) is 5. The molecule has 4 aliphatic heterocycles. The lowest BCUT2D eigenvalue weighted by atomic mass is 9.89. The maximum atomic E-state index is 16.7. The number of nitrogens with two attached hydrogens (primary N) is 2. The number of primary amides is 1. The third-order valence-corrected chi connectivity index (χ3v) is 17.8. The standard InChI is InChI=1S/C51H64F2N16O17P2S2/c1-25(2)38(65-33(72)13-16-67-34(73)11-12-35(67)74)29(70)17-27(5-3-14-56-50(55)76)47(75)64-28-9-7-26(8-10-28)18-80-51(77)57-15-4-6-32(71)66-44-40-46(61-22-59-44)69(24-63-40)49-37(53)42-31(84-49)20-82-87(78,89)85-41-30(19-81-88(79,90)86-42)83-48(36(41)52)68-23-62-39-43(54)58-21-60-45(39)68/h7-12,21-25,27,30-31,34,36-38,41-42,48-49,73H,3-6,13-20H2,1-2H3,(H,57,77)(H,64,75)(H,65,72)(H,78,89)(H,79,90)(H2,54,58,60)(H3,55,56,76)(H,59,61,66,71)/t27-,30-,31-,34?,36-,37-,38+,41-,42-,48-,49-,87?,88?/m1/s1. The van der Waals surface area contributed by atoms with Crippen LogP contribution in [0.3, 0.4) is 0 Å². The topological polar surface area (TPSA) is 444 Å². The van der Waals surface area contributed by atoms with Crippen LogP contribution in [0.15, 0.2) is 61.7 Å². The zero-order chi connectivity index (χ0) is 64.6. The number of halogens is 2. The highest BCUT2D eigenvalue weighted by Crippen LogP contribution is 2.59. The van der Waals surface area contributed by atoms with Crippen LogP contribution in [0.2, 0.25) is 0 Å². The summed E-state index contributed by atoms with van der Waals surface area (Å²) in [6, 6.07) is 4.59. The smallest absolute Gasteiger partial charge is 0.407 e. The van der Waals surface area contributed by atoms with Gasteiger partial charge in [0.2, 0.25) is 23.6 Å². The second kappa shape index (κ2) is 29.3. The monoisotopic (exact) mass is 1340 g/mol. The molecule has 4 aromatic heterocycles. The molecular weight excluding hydrogens is 1270 g/mol. The number of nitrogens with zero attached hydrogens (tertiary/aromatic N) is 9. The number of urea groups is 1. The lowest BCUT2D eigenvalue weighted by Gasteiger charge is -2.29. The molecule has 0 radical (unpaired) electrons. The Morgan fingerprint density at radius 3 is 2.13 bits per heavy atom. The molecule has 13 atom stereocenters. The molecule has 90 heavy (non-hydrogen) atoms. The Morgan fingerprint density at radius 2 is 1.48 bits per heavy atom. The summed E-state index contributed by atoms with van der Waals surface area (Å²) in [4.78, 5) is 126. The Balaban J connectivity index is 0.727. The van der Waals surface area contributed by atoms with Crippen LogP contribution in [0.5, 0.6) is 0 Å². The van der Waals surface area contributed by atoms with Crippen molar-refractivity contribution in [1.82, 2.24) is 59.9 Å². The van der Waals surface area contributed by atoms with Crippen LogP contribution in [0, 0.1) is 11.8 Å². The number of nitrogen functional groups attached to an aromatic ring is 1. The summed E-state index contributed by atoms with van der Waals surface area (Å²) in [6.07, 6.45) is -8.64. The summed E-state index contributed by atoms with van der Waals surface area (Å²) in [6.45, 7) is -7.07. The third kappa shape index (κ3) is 16.6. The van der Waals surface area contributed by atoms with Crippen molar-refractivity contribution in [3.05, 3.63) is 67.3 Å². The first-order valence-corrected chi connectivity index (χ1v) is 33.3. The first-order valence-electron chi connectivity index (χ1n) is 28.0. The highest BCUT2D eigenvalue weighted by atomic mass is 32.7. The quantitative estimate of drug-likeness (QED) is 0.0255. The number of rotatable bonds is 23. The van der Waals surface area contributed by atoms with Gasteiger partial charge >= 0.3 is 25.6 Å². The van der Waals surface area contributed by atoms with E-state index < -0.39 is 136 Å². The number of fused-ring (bicyclic) bond motifs is 4. The molecule has 486 valence electrons. The van der Waals surface area contributed by atoms with Gasteiger partial charge < -0.3 is 71.7 Å². The Labute approximate surface area is 520 Å². The van der Waals surface area contributed by atoms with Gasteiger partial charge in [-0.05, 0) is 60.8 Å². The van der Waals surface area contributed by atoms with Crippen LogP contribution < -0.4 is 38.1 Å². The molecule has 33 nitrogen and oxygen atoms in total. The number of imidazole rings is 2. The van der Waals surface area contributed by atoms with Crippen LogP contribution in [0.4, 0.5) is 35.7 Å². The Morgan fingerprint density at radius 1 is 0.844 bits per heavy atom. The fraction of sp³-hybridized carbons (Fsp3) is 0.510. The lowest BCUT2D eigenvalue weighted by molar-refractivity contribution is -0.133. The van der Waals surface area contributed by atoms with Gasteiger partial charge in [-0.3, -0.25) is 46.7 Å². The number of hydrogen-bond acceptors (Lipinski definition) is 24. The molecule has 0 bridgehead atoms. The number of carbonyl (C=O) groups is 7. The molecular formula is C51H64F2N16O17P2S2. The van der Waals surface area contributed by atoms with E-state index in [-0.39, 0.29) is 98.2 Å². The number of ketones is 1. The van der Waals surface area contributed by atoms with Crippen LogP contribution in [-0.4, -0.2) is 177 Å². The van der Waals surface area contributed by atoms with E-state index in [1.54, 1.807) is 38.1 Å². The molecule has 4 aliphatic rings. The van der Waals surface area contributed by atoms with Crippen molar-refractivity contribution in [3.8, 4) is 0 Å². The minimum absolute atomic E-state index is 0.00338. The number of Topliss-reactive ketones (excluding diaryl/α,β-unsaturated/α-hetero) is 1. The zero-order valence-electron chi connectivity index (χ0n) is 47.9. The molecule has 0 aliphatic carbocycles. The van der Waals surface area contributed by atoms with Gasteiger partial charge in [0.05, 0.1) is 31.9 Å². The summed E-state index contributed by atoms with van der Waals surface area (Å²) in [5.74, 6) is -3.77. The third-order valence-electron chi connectivity index (χ3n) is 14.6. The van der Waals surface area contributed by atoms with Gasteiger partial charge in [0.1, 0.15) is 55.4 Å². The minimum atomic E-state index is -4.55. The number of alkyl carbamates (subject to hydrolysis) is 1. The second-order valence-corrected chi connectivity index (χ2v) is 27.0.